The molecule has 1 aliphatic rings. The molecular weight excluding hydrogens is 415 g/mol. The molecule has 1 aromatic carbocycles. The molecule has 13 nitrogen and oxygen atoms in total. The van der Waals surface area contributed by atoms with Gasteiger partial charge in [0.15, 0.2) is 17.7 Å². The van der Waals surface area contributed by atoms with Gasteiger partial charge in [0.1, 0.15) is 18.3 Å². The number of ether oxygens (including phenoxy) is 3. The fraction of sp³-hybridized carbons (Fsp3) is 0.467. The van der Waals surface area contributed by atoms with E-state index >= 15 is 0 Å². The number of nitrogens with one attached hydrogen (secondary N) is 1. The molecule has 160 valence electrons. The maximum Gasteiger partial charge on any atom is 0.331 e. The summed E-state index contributed by atoms with van der Waals surface area (Å²) in [7, 11) is -2.66. The number of aromatic nitrogens is 2. The third-order valence-corrected chi connectivity index (χ3v) is 4.90. The average molecular weight is 432 g/mol. The van der Waals surface area contributed by atoms with Gasteiger partial charge in [-0.2, -0.15) is 0 Å². The molecule has 1 aromatic heterocycles. The van der Waals surface area contributed by atoms with Crippen LogP contribution in [0.25, 0.3) is 10.9 Å². The van der Waals surface area contributed by atoms with Gasteiger partial charge in [0.2, 0.25) is 0 Å². The molecule has 0 amide bonds. The summed E-state index contributed by atoms with van der Waals surface area (Å²) in [5, 5.41) is 20.4. The number of phosphoric ester groups is 1. The number of H-pyrrole nitrogens is 1. The van der Waals surface area contributed by atoms with Crippen molar-refractivity contribution < 1.29 is 43.3 Å². The van der Waals surface area contributed by atoms with Crippen molar-refractivity contribution in [3.63, 3.8) is 0 Å². The Balaban J connectivity index is 2.10. The van der Waals surface area contributed by atoms with Gasteiger partial charge in [-0.1, -0.05) is 0 Å². The summed E-state index contributed by atoms with van der Waals surface area (Å²) in [5.74, 6) is 0.377. The minimum atomic E-state index is -5.35. The van der Waals surface area contributed by atoms with Crippen LogP contribution in [0.15, 0.2) is 21.7 Å². The van der Waals surface area contributed by atoms with E-state index in [-0.39, 0.29) is 22.4 Å². The summed E-state index contributed by atoms with van der Waals surface area (Å²) in [6.45, 7) is -0.869. The van der Waals surface area contributed by atoms with Crippen molar-refractivity contribution in [1.82, 2.24) is 9.55 Å². The fourth-order valence-electron chi connectivity index (χ4n) is 3.08. The Morgan fingerprint density at radius 3 is 2.38 bits per heavy atom. The Morgan fingerprint density at radius 1 is 1.17 bits per heavy atom. The zero-order valence-electron chi connectivity index (χ0n) is 15.1. The van der Waals surface area contributed by atoms with Gasteiger partial charge in [-0.25, -0.2) is 4.79 Å². The molecular formula is C15H17N2O11P-2. The topological polar surface area (TPSA) is 195 Å². The normalized spacial score (nSPS) is 24.8. The van der Waals surface area contributed by atoms with Gasteiger partial charge in [-0.05, 0) is 6.07 Å². The lowest BCUT2D eigenvalue weighted by Gasteiger charge is -2.30. The van der Waals surface area contributed by atoms with E-state index < -0.39 is 50.2 Å². The standard InChI is InChI=1S/C15H19N2O11P/c1-25-8-3-6-7(4-9(8)26-2)17(15(21)16-13(6)20)14-12(19)11(18)10(28-14)5-27-29(22,23)24/h3-4,10-12,14,18-19H,5H2,1-2H3,(H,16,20,21)(H2,22,23,24)/p-2/t10-,11-,12-,14-/m1/s1. The van der Waals surface area contributed by atoms with Crippen LogP contribution in [0, 0.1) is 0 Å². The largest absolute Gasteiger partial charge is 0.790 e. The Labute approximate surface area is 162 Å². The highest BCUT2D eigenvalue weighted by molar-refractivity contribution is 7.43. The van der Waals surface area contributed by atoms with Crippen LogP contribution in [0.2, 0.25) is 0 Å². The van der Waals surface area contributed by atoms with Crippen LogP contribution in [-0.4, -0.2) is 58.9 Å². The van der Waals surface area contributed by atoms with Crippen LogP contribution in [0.1, 0.15) is 6.23 Å². The summed E-state index contributed by atoms with van der Waals surface area (Å²) in [5.41, 5.74) is -1.72. The number of phosphoric acid groups is 1. The Kier molecular flexibility index (Phi) is 5.83. The Morgan fingerprint density at radius 2 is 1.79 bits per heavy atom. The highest BCUT2D eigenvalue weighted by Gasteiger charge is 2.45. The SMILES string of the molecule is COc1cc2c(=O)[nH]c(=O)n([C@@H]3O[C@H](COP(=O)([O-])[O-])[C@@H](O)[C@H]3O)c2cc1OC. The number of fused-ring (bicyclic) bond motifs is 1. The number of hydrogen-bond donors (Lipinski definition) is 3. The Hall–Kier alpha value is -2.25. The highest BCUT2D eigenvalue weighted by atomic mass is 31.2. The lowest BCUT2D eigenvalue weighted by Crippen LogP contribution is -2.38. The third-order valence-electron chi connectivity index (χ3n) is 4.43. The van der Waals surface area contributed by atoms with Gasteiger partial charge in [-0.3, -0.25) is 14.3 Å². The first-order chi connectivity index (χ1) is 13.6. The first kappa shape index (κ1) is 21.5. The van der Waals surface area contributed by atoms with E-state index in [1.165, 1.54) is 26.4 Å². The number of nitrogens with zero attached hydrogens (tertiary/aromatic N) is 1. The molecule has 1 saturated heterocycles. The lowest BCUT2D eigenvalue weighted by atomic mass is 10.1. The Bertz CT molecular complexity index is 1070. The molecule has 1 aliphatic heterocycles. The molecule has 4 atom stereocenters. The monoisotopic (exact) mass is 432 g/mol. The number of hydrogen-bond acceptors (Lipinski definition) is 11. The molecule has 3 N–H and O–H groups in total. The molecule has 0 aliphatic carbocycles. The van der Waals surface area contributed by atoms with Crippen molar-refractivity contribution in [1.29, 1.82) is 0 Å². The van der Waals surface area contributed by atoms with E-state index in [9.17, 15) is 34.2 Å². The second kappa shape index (κ2) is 7.88. The highest BCUT2D eigenvalue weighted by Crippen LogP contribution is 2.35. The predicted octanol–water partition coefficient (Wildman–Crippen LogP) is -2.83. The maximum atomic E-state index is 12.5. The molecule has 2 aromatic rings. The molecule has 0 saturated carbocycles. The molecule has 0 radical (unpaired) electrons. The zero-order valence-corrected chi connectivity index (χ0v) is 16.0. The maximum absolute atomic E-state index is 12.5. The van der Waals surface area contributed by atoms with Gasteiger partial charge < -0.3 is 43.3 Å². The molecule has 1 fully saturated rings. The molecule has 0 bridgehead atoms. The van der Waals surface area contributed by atoms with E-state index in [0.29, 0.717) is 0 Å². The molecule has 3 rings (SSSR count). The predicted molar refractivity (Wildman–Crippen MR) is 91.4 cm³/mol. The van der Waals surface area contributed by atoms with Crippen LogP contribution in [0.5, 0.6) is 11.5 Å². The minimum absolute atomic E-state index is 0.00384. The summed E-state index contributed by atoms with van der Waals surface area (Å²) < 4.78 is 31.3. The van der Waals surface area contributed by atoms with Crippen molar-refractivity contribution in [2.45, 2.75) is 24.5 Å². The minimum Gasteiger partial charge on any atom is -0.790 e. The zero-order chi connectivity index (χ0) is 21.5. The van der Waals surface area contributed by atoms with Crippen molar-refractivity contribution in [3.05, 3.63) is 33.0 Å². The van der Waals surface area contributed by atoms with Crippen LogP contribution in [0.3, 0.4) is 0 Å². The molecule has 0 spiro atoms. The first-order valence-corrected chi connectivity index (χ1v) is 9.62. The van der Waals surface area contributed by atoms with E-state index in [4.69, 9.17) is 14.2 Å². The van der Waals surface area contributed by atoms with Crippen molar-refractivity contribution in [3.8, 4) is 11.5 Å². The summed E-state index contributed by atoms with van der Waals surface area (Å²) in [4.78, 5) is 48.0. The molecule has 2 heterocycles. The van der Waals surface area contributed by atoms with E-state index in [1.807, 2.05) is 0 Å². The van der Waals surface area contributed by atoms with Crippen molar-refractivity contribution in [2.24, 2.45) is 0 Å². The van der Waals surface area contributed by atoms with Gasteiger partial charge in [0.25, 0.3) is 5.56 Å². The number of aromatic amines is 1. The van der Waals surface area contributed by atoms with Crippen LogP contribution >= 0.6 is 7.82 Å². The van der Waals surface area contributed by atoms with E-state index in [1.54, 1.807) is 0 Å². The van der Waals surface area contributed by atoms with Crippen LogP contribution in [0.4, 0.5) is 0 Å². The van der Waals surface area contributed by atoms with Crippen LogP contribution < -0.4 is 30.5 Å². The number of benzene rings is 1. The molecule has 14 heteroatoms. The number of aliphatic hydroxyl groups is 2. The van der Waals surface area contributed by atoms with Gasteiger partial charge in [-0.15, -0.1) is 0 Å². The average Bonchev–Trinajstić information content (AvgIpc) is 2.93. The lowest BCUT2D eigenvalue weighted by molar-refractivity contribution is -0.343. The van der Waals surface area contributed by atoms with Gasteiger partial charge >= 0.3 is 5.69 Å². The second-order valence-electron chi connectivity index (χ2n) is 6.14. The first-order valence-electron chi connectivity index (χ1n) is 8.16. The smallest absolute Gasteiger partial charge is 0.331 e. The molecule has 0 unspecified atom stereocenters. The van der Waals surface area contributed by atoms with Crippen molar-refractivity contribution >= 4 is 18.7 Å². The number of aliphatic hydroxyl groups excluding tert-OH is 2. The van der Waals surface area contributed by atoms with Crippen molar-refractivity contribution in [2.75, 3.05) is 20.8 Å². The third kappa shape index (κ3) is 4.07. The van der Waals surface area contributed by atoms with E-state index in [2.05, 4.69) is 9.51 Å². The van der Waals surface area contributed by atoms with Crippen LogP contribution in [-0.2, 0) is 13.8 Å². The van der Waals surface area contributed by atoms with E-state index in [0.717, 1.165) is 4.57 Å². The summed E-state index contributed by atoms with van der Waals surface area (Å²) in [6, 6.07) is 2.62. The summed E-state index contributed by atoms with van der Waals surface area (Å²) in [6.07, 6.45) is -6.34. The second-order valence-corrected chi connectivity index (χ2v) is 7.30. The fourth-order valence-corrected chi connectivity index (χ4v) is 3.41. The number of rotatable bonds is 6. The quantitative estimate of drug-likeness (QED) is 0.398. The van der Waals surface area contributed by atoms with Gasteiger partial charge in [0.05, 0.1) is 39.6 Å². The summed E-state index contributed by atoms with van der Waals surface area (Å²) >= 11 is 0. The molecule has 29 heavy (non-hydrogen) atoms. The van der Waals surface area contributed by atoms with Gasteiger partial charge in [0, 0.05) is 6.07 Å². The number of methoxy groups -OCH3 is 2.